The van der Waals surface area contributed by atoms with Gasteiger partial charge in [0.05, 0.1) is 7.11 Å². The molecule has 0 radical (unpaired) electrons. The number of methoxy groups -OCH3 is 1. The molecule has 0 bridgehead atoms. The Morgan fingerprint density at radius 1 is 1.37 bits per heavy atom. The van der Waals surface area contributed by atoms with Crippen molar-refractivity contribution in [2.24, 2.45) is 0 Å². The Balaban J connectivity index is 2.26. The molecule has 1 heterocycles. The molecule has 0 aliphatic heterocycles. The van der Waals surface area contributed by atoms with Crippen molar-refractivity contribution < 1.29 is 13.2 Å². The van der Waals surface area contributed by atoms with Crippen LogP contribution in [-0.2, 0) is 16.6 Å². The molecule has 1 aromatic heterocycles. The zero-order valence-electron chi connectivity index (χ0n) is 10.2. The lowest BCUT2D eigenvalue weighted by molar-refractivity contribution is 0.402. The third-order valence-corrected chi connectivity index (χ3v) is 4.46. The number of hydrogen-bond acceptors (Lipinski definition) is 3. The molecule has 0 saturated heterocycles. The van der Waals surface area contributed by atoms with E-state index in [-0.39, 0.29) is 11.4 Å². The van der Waals surface area contributed by atoms with Gasteiger partial charge in [-0.05, 0) is 29.8 Å². The van der Waals surface area contributed by atoms with Gasteiger partial charge >= 0.3 is 0 Å². The molecule has 2 rings (SSSR count). The lowest BCUT2D eigenvalue weighted by atomic mass is 10.3. The van der Waals surface area contributed by atoms with E-state index in [1.54, 1.807) is 30.6 Å². The molecule has 0 fully saturated rings. The number of halogens is 1. The first-order valence-electron chi connectivity index (χ1n) is 5.48. The predicted molar refractivity (Wildman–Crippen MR) is 75.5 cm³/mol. The van der Waals surface area contributed by atoms with Gasteiger partial charge in [-0.3, -0.25) is 0 Å². The third kappa shape index (κ3) is 3.37. The number of nitrogens with one attached hydrogen (secondary N) is 2. The van der Waals surface area contributed by atoms with Gasteiger partial charge in [0.15, 0.2) is 0 Å². The maximum absolute atomic E-state index is 12.2. The number of aromatic nitrogens is 1. The van der Waals surface area contributed by atoms with Gasteiger partial charge in [0.25, 0.3) is 0 Å². The van der Waals surface area contributed by atoms with Gasteiger partial charge in [0.2, 0.25) is 10.0 Å². The van der Waals surface area contributed by atoms with Gasteiger partial charge in [0, 0.05) is 23.4 Å². The fraction of sp³-hybridized carbons (Fsp3) is 0.167. The van der Waals surface area contributed by atoms with Gasteiger partial charge in [0.1, 0.15) is 10.6 Å². The zero-order chi connectivity index (χ0) is 13.9. The fourth-order valence-electron chi connectivity index (χ4n) is 1.59. The largest absolute Gasteiger partial charge is 0.495 e. The van der Waals surface area contributed by atoms with Crippen LogP contribution < -0.4 is 9.46 Å². The minimum absolute atomic E-state index is 0.111. The van der Waals surface area contributed by atoms with E-state index >= 15 is 0 Å². The first kappa shape index (κ1) is 14.1. The van der Waals surface area contributed by atoms with E-state index in [0.717, 1.165) is 5.56 Å². The Bertz CT molecular complexity index is 654. The van der Waals surface area contributed by atoms with Crippen LogP contribution in [0, 0.1) is 0 Å². The van der Waals surface area contributed by atoms with Crippen LogP contribution in [0.2, 0.25) is 0 Å². The first-order chi connectivity index (χ1) is 9.03. The molecular weight excluding hydrogens is 332 g/mol. The molecule has 0 amide bonds. The topological polar surface area (TPSA) is 71.2 Å². The van der Waals surface area contributed by atoms with E-state index < -0.39 is 10.0 Å². The minimum atomic E-state index is -3.62. The average Bonchev–Trinajstić information content (AvgIpc) is 2.89. The van der Waals surface area contributed by atoms with Crippen LogP contribution in [0.1, 0.15) is 5.56 Å². The highest BCUT2D eigenvalue weighted by atomic mass is 79.9. The van der Waals surface area contributed by atoms with Gasteiger partial charge in [-0.25, -0.2) is 13.1 Å². The second-order valence-electron chi connectivity index (χ2n) is 3.84. The Morgan fingerprint density at radius 2 is 2.16 bits per heavy atom. The lowest BCUT2D eigenvalue weighted by Crippen LogP contribution is -2.23. The second kappa shape index (κ2) is 5.77. The minimum Gasteiger partial charge on any atom is -0.495 e. The summed E-state index contributed by atoms with van der Waals surface area (Å²) in [6.45, 7) is 0.224. The van der Waals surface area contributed by atoms with Crippen LogP contribution >= 0.6 is 15.9 Å². The van der Waals surface area contributed by atoms with E-state index in [2.05, 4.69) is 25.6 Å². The maximum Gasteiger partial charge on any atom is 0.244 e. The van der Waals surface area contributed by atoms with E-state index in [9.17, 15) is 8.42 Å². The van der Waals surface area contributed by atoms with Crippen molar-refractivity contribution in [2.45, 2.75) is 11.4 Å². The summed E-state index contributed by atoms with van der Waals surface area (Å²) in [7, 11) is -2.18. The average molecular weight is 345 g/mol. The number of H-pyrrole nitrogens is 1. The SMILES string of the molecule is COc1ccc(Br)cc1S(=O)(=O)NCc1cc[nH]c1. The summed E-state index contributed by atoms with van der Waals surface area (Å²) in [6, 6.07) is 6.65. The summed E-state index contributed by atoms with van der Waals surface area (Å²) < 4.78 is 32.8. The number of benzene rings is 1. The highest BCUT2D eigenvalue weighted by molar-refractivity contribution is 9.10. The molecule has 1 aromatic carbocycles. The Kier molecular flexibility index (Phi) is 4.28. The van der Waals surface area contributed by atoms with Crippen molar-refractivity contribution in [1.82, 2.24) is 9.71 Å². The van der Waals surface area contributed by atoms with E-state index in [1.807, 2.05) is 0 Å². The third-order valence-electron chi connectivity index (χ3n) is 2.54. The number of sulfonamides is 1. The molecule has 0 aliphatic carbocycles. The maximum atomic E-state index is 12.2. The number of hydrogen-bond donors (Lipinski definition) is 2. The quantitative estimate of drug-likeness (QED) is 0.873. The van der Waals surface area contributed by atoms with Crippen molar-refractivity contribution in [3.8, 4) is 5.75 Å². The van der Waals surface area contributed by atoms with Crippen molar-refractivity contribution in [3.63, 3.8) is 0 Å². The molecule has 2 aromatic rings. The Labute approximate surface area is 120 Å². The van der Waals surface area contributed by atoms with Crippen LogP contribution in [0.4, 0.5) is 0 Å². The molecule has 0 atom stereocenters. The molecule has 102 valence electrons. The van der Waals surface area contributed by atoms with Crippen molar-refractivity contribution in [3.05, 3.63) is 46.7 Å². The number of aromatic amines is 1. The van der Waals surface area contributed by atoms with Crippen LogP contribution in [0.5, 0.6) is 5.75 Å². The standard InChI is InChI=1S/C12H13BrN2O3S/c1-18-11-3-2-10(13)6-12(11)19(16,17)15-8-9-4-5-14-7-9/h2-7,14-15H,8H2,1H3. The van der Waals surface area contributed by atoms with Crippen molar-refractivity contribution in [1.29, 1.82) is 0 Å². The predicted octanol–water partition coefficient (Wildman–Crippen LogP) is 2.26. The number of ether oxygens (including phenoxy) is 1. The molecule has 0 aliphatic rings. The summed E-state index contributed by atoms with van der Waals surface area (Å²) in [6.07, 6.45) is 3.48. The summed E-state index contributed by atoms with van der Waals surface area (Å²) in [5.41, 5.74) is 0.859. The lowest BCUT2D eigenvalue weighted by Gasteiger charge is -2.10. The van der Waals surface area contributed by atoms with Crippen LogP contribution in [-0.4, -0.2) is 20.5 Å². The van der Waals surface area contributed by atoms with E-state index in [1.165, 1.54) is 13.2 Å². The molecule has 0 saturated carbocycles. The van der Waals surface area contributed by atoms with Crippen LogP contribution in [0.25, 0.3) is 0 Å². The molecule has 5 nitrogen and oxygen atoms in total. The summed E-state index contributed by atoms with van der Waals surface area (Å²) in [4.78, 5) is 2.98. The fourth-order valence-corrected chi connectivity index (χ4v) is 3.31. The molecule has 7 heteroatoms. The smallest absolute Gasteiger partial charge is 0.244 e. The van der Waals surface area contributed by atoms with Crippen LogP contribution in [0.3, 0.4) is 0 Å². The number of rotatable bonds is 5. The van der Waals surface area contributed by atoms with Crippen LogP contribution in [0.15, 0.2) is 46.0 Å². The van der Waals surface area contributed by atoms with E-state index in [4.69, 9.17) is 4.74 Å². The summed E-state index contributed by atoms with van der Waals surface area (Å²) >= 11 is 3.26. The van der Waals surface area contributed by atoms with Gasteiger partial charge in [-0.15, -0.1) is 0 Å². The molecule has 0 spiro atoms. The van der Waals surface area contributed by atoms with Gasteiger partial charge in [-0.1, -0.05) is 15.9 Å². The molecule has 19 heavy (non-hydrogen) atoms. The zero-order valence-corrected chi connectivity index (χ0v) is 12.6. The van der Waals surface area contributed by atoms with E-state index in [0.29, 0.717) is 10.2 Å². The first-order valence-corrected chi connectivity index (χ1v) is 7.75. The van der Waals surface area contributed by atoms with Crippen molar-refractivity contribution >= 4 is 26.0 Å². The highest BCUT2D eigenvalue weighted by Crippen LogP contribution is 2.27. The normalized spacial score (nSPS) is 11.5. The monoisotopic (exact) mass is 344 g/mol. The Morgan fingerprint density at radius 3 is 2.79 bits per heavy atom. The summed E-state index contributed by atoms with van der Waals surface area (Å²) in [5, 5.41) is 0. The molecular formula is C12H13BrN2O3S. The molecule has 2 N–H and O–H groups in total. The second-order valence-corrected chi connectivity index (χ2v) is 6.49. The molecule has 0 unspecified atom stereocenters. The highest BCUT2D eigenvalue weighted by Gasteiger charge is 2.19. The Hall–Kier alpha value is -1.31. The van der Waals surface area contributed by atoms with Gasteiger partial charge < -0.3 is 9.72 Å². The van der Waals surface area contributed by atoms with Crippen molar-refractivity contribution in [2.75, 3.05) is 7.11 Å². The summed E-state index contributed by atoms with van der Waals surface area (Å²) in [5.74, 6) is 0.310. The van der Waals surface area contributed by atoms with Gasteiger partial charge in [-0.2, -0.15) is 0 Å².